The van der Waals surface area contributed by atoms with Gasteiger partial charge in [-0.1, -0.05) is 35.9 Å². The van der Waals surface area contributed by atoms with Crippen LogP contribution < -0.4 is 15.4 Å². The first-order valence-electron chi connectivity index (χ1n) is 10.9. The van der Waals surface area contributed by atoms with E-state index in [4.69, 9.17) is 4.74 Å². The Morgan fingerprint density at radius 2 is 1.74 bits per heavy atom. The zero-order valence-electron chi connectivity index (χ0n) is 19.3. The first kappa shape index (κ1) is 22.8. The normalized spacial score (nSPS) is 10.6. The molecule has 0 unspecified atom stereocenters. The van der Waals surface area contributed by atoms with Gasteiger partial charge in [-0.2, -0.15) is 0 Å². The van der Waals surface area contributed by atoms with Crippen LogP contribution in [0, 0.1) is 13.8 Å². The lowest BCUT2D eigenvalue weighted by molar-refractivity contribution is 0.101. The fraction of sp³-hybridized carbons (Fsp3) is 0.148. The quantitative estimate of drug-likeness (QED) is 0.409. The summed E-state index contributed by atoms with van der Waals surface area (Å²) in [4.78, 5) is 29.3. The Morgan fingerprint density at radius 3 is 2.47 bits per heavy atom. The van der Waals surface area contributed by atoms with Crippen LogP contribution in [0.2, 0.25) is 0 Å². The Kier molecular flexibility index (Phi) is 6.73. The molecule has 0 radical (unpaired) electrons. The van der Waals surface area contributed by atoms with E-state index in [9.17, 15) is 9.59 Å². The van der Waals surface area contributed by atoms with Gasteiger partial charge in [-0.25, -0.2) is 4.98 Å². The van der Waals surface area contributed by atoms with Gasteiger partial charge in [0.1, 0.15) is 11.4 Å². The summed E-state index contributed by atoms with van der Waals surface area (Å²) in [6, 6.07) is 20.4. The van der Waals surface area contributed by atoms with Gasteiger partial charge >= 0.3 is 0 Å². The predicted octanol–water partition coefficient (Wildman–Crippen LogP) is 5.06. The van der Waals surface area contributed by atoms with Crippen LogP contribution in [0.25, 0.3) is 0 Å². The number of nitrogens with zero attached hydrogens (tertiary/aromatic N) is 2. The molecule has 0 bridgehead atoms. The van der Waals surface area contributed by atoms with E-state index in [2.05, 4.69) is 15.6 Å². The molecule has 172 valence electrons. The maximum absolute atomic E-state index is 12.6. The minimum absolute atomic E-state index is 0.208. The van der Waals surface area contributed by atoms with Gasteiger partial charge in [0.15, 0.2) is 0 Å². The standard InChI is InChI=1S/C27H26N4O3/c1-18-7-12-24(19(2)13-18)30-27(33)25-16-31(17-28-25)15-20-8-10-22(11-9-20)29-26(32)21-5-4-6-23(14-21)34-3/h4-14,16-17H,15H2,1-3H3,(H,29,32)(H,30,33). The third-order valence-electron chi connectivity index (χ3n) is 5.40. The van der Waals surface area contributed by atoms with Gasteiger partial charge in [0.2, 0.25) is 0 Å². The van der Waals surface area contributed by atoms with Crippen LogP contribution in [0.1, 0.15) is 37.5 Å². The van der Waals surface area contributed by atoms with Crippen molar-refractivity contribution in [3.63, 3.8) is 0 Å². The molecular weight excluding hydrogens is 428 g/mol. The lowest BCUT2D eigenvalue weighted by atomic mass is 10.1. The molecule has 0 aliphatic rings. The van der Waals surface area contributed by atoms with Crippen LogP contribution in [-0.4, -0.2) is 28.5 Å². The topological polar surface area (TPSA) is 85.2 Å². The third kappa shape index (κ3) is 5.50. The highest BCUT2D eigenvalue weighted by Gasteiger charge is 2.12. The zero-order valence-corrected chi connectivity index (χ0v) is 19.3. The number of aryl methyl sites for hydroxylation is 2. The van der Waals surface area contributed by atoms with Crippen LogP contribution in [0.4, 0.5) is 11.4 Å². The molecule has 3 aromatic carbocycles. The smallest absolute Gasteiger partial charge is 0.275 e. The van der Waals surface area contributed by atoms with E-state index >= 15 is 0 Å². The van der Waals surface area contributed by atoms with E-state index in [0.29, 0.717) is 29.2 Å². The number of ether oxygens (including phenoxy) is 1. The van der Waals surface area contributed by atoms with E-state index < -0.39 is 0 Å². The molecule has 4 rings (SSSR count). The molecule has 0 saturated carbocycles. The summed E-state index contributed by atoms with van der Waals surface area (Å²) in [6.45, 7) is 4.53. The fourth-order valence-corrected chi connectivity index (χ4v) is 3.58. The Hall–Kier alpha value is -4.39. The van der Waals surface area contributed by atoms with Gasteiger partial charge in [-0.3, -0.25) is 9.59 Å². The Bertz CT molecular complexity index is 1330. The lowest BCUT2D eigenvalue weighted by Gasteiger charge is -2.08. The predicted molar refractivity (Wildman–Crippen MR) is 133 cm³/mol. The summed E-state index contributed by atoms with van der Waals surface area (Å²) in [6.07, 6.45) is 3.35. The van der Waals surface area contributed by atoms with Crippen molar-refractivity contribution in [3.8, 4) is 5.75 Å². The van der Waals surface area contributed by atoms with Crippen molar-refractivity contribution in [2.24, 2.45) is 0 Å². The number of carbonyl (C=O) groups is 2. The molecule has 4 aromatic rings. The van der Waals surface area contributed by atoms with Crippen LogP contribution in [0.5, 0.6) is 5.75 Å². The third-order valence-corrected chi connectivity index (χ3v) is 5.40. The second-order valence-corrected chi connectivity index (χ2v) is 8.09. The van der Waals surface area contributed by atoms with Crippen molar-refractivity contribution in [1.29, 1.82) is 0 Å². The second-order valence-electron chi connectivity index (χ2n) is 8.09. The van der Waals surface area contributed by atoms with Crippen molar-refractivity contribution >= 4 is 23.2 Å². The molecule has 0 fully saturated rings. The molecule has 0 atom stereocenters. The summed E-state index contributed by atoms with van der Waals surface area (Å²) < 4.78 is 7.02. The number of hydrogen-bond acceptors (Lipinski definition) is 4. The number of methoxy groups -OCH3 is 1. The van der Waals surface area contributed by atoms with Gasteiger partial charge in [0.05, 0.1) is 13.4 Å². The summed E-state index contributed by atoms with van der Waals surface area (Å²) in [7, 11) is 1.57. The number of hydrogen-bond donors (Lipinski definition) is 2. The molecule has 2 N–H and O–H groups in total. The first-order chi connectivity index (χ1) is 16.4. The highest BCUT2D eigenvalue weighted by atomic mass is 16.5. The maximum atomic E-state index is 12.6. The lowest BCUT2D eigenvalue weighted by Crippen LogP contribution is -2.13. The highest BCUT2D eigenvalue weighted by Crippen LogP contribution is 2.18. The molecule has 0 spiro atoms. The van der Waals surface area contributed by atoms with Crippen LogP contribution in [0.3, 0.4) is 0 Å². The van der Waals surface area contributed by atoms with Crippen molar-refractivity contribution in [3.05, 3.63) is 107 Å². The van der Waals surface area contributed by atoms with Crippen LogP contribution in [-0.2, 0) is 6.54 Å². The van der Waals surface area contributed by atoms with E-state index in [0.717, 1.165) is 22.4 Å². The number of anilines is 2. The fourth-order valence-electron chi connectivity index (χ4n) is 3.58. The molecular formula is C27H26N4O3. The van der Waals surface area contributed by atoms with Gasteiger partial charge in [0, 0.05) is 29.7 Å². The molecule has 0 saturated heterocycles. The minimum atomic E-state index is -0.249. The summed E-state index contributed by atoms with van der Waals surface area (Å²) in [5.41, 5.74) is 5.50. The minimum Gasteiger partial charge on any atom is -0.497 e. The molecule has 1 aromatic heterocycles. The van der Waals surface area contributed by atoms with Gasteiger partial charge < -0.3 is 19.9 Å². The van der Waals surface area contributed by atoms with E-state index in [1.54, 1.807) is 43.9 Å². The van der Waals surface area contributed by atoms with Crippen molar-refractivity contribution in [1.82, 2.24) is 9.55 Å². The number of benzene rings is 3. The number of nitrogens with one attached hydrogen (secondary N) is 2. The number of amides is 2. The largest absolute Gasteiger partial charge is 0.497 e. The molecule has 0 aliphatic carbocycles. The molecule has 0 aliphatic heterocycles. The molecule has 2 amide bonds. The Labute approximate surface area is 198 Å². The summed E-state index contributed by atoms with van der Waals surface area (Å²) in [5.74, 6) is 0.174. The van der Waals surface area contributed by atoms with E-state index in [1.807, 2.05) is 60.9 Å². The molecule has 7 nitrogen and oxygen atoms in total. The zero-order chi connectivity index (χ0) is 24.1. The average molecular weight is 455 g/mol. The van der Waals surface area contributed by atoms with Gasteiger partial charge in [-0.05, 0) is 61.4 Å². The SMILES string of the molecule is COc1cccc(C(=O)Nc2ccc(Cn3cnc(C(=O)Nc4ccc(C)cc4C)c3)cc2)c1. The summed E-state index contributed by atoms with van der Waals surface area (Å²) in [5, 5.41) is 5.80. The number of carbonyl (C=O) groups excluding carboxylic acids is 2. The van der Waals surface area contributed by atoms with Gasteiger partial charge in [-0.15, -0.1) is 0 Å². The number of rotatable bonds is 7. The van der Waals surface area contributed by atoms with Crippen LogP contribution >= 0.6 is 0 Å². The first-order valence-corrected chi connectivity index (χ1v) is 10.9. The molecule has 34 heavy (non-hydrogen) atoms. The van der Waals surface area contributed by atoms with Crippen molar-refractivity contribution in [2.75, 3.05) is 17.7 Å². The maximum Gasteiger partial charge on any atom is 0.275 e. The van der Waals surface area contributed by atoms with Crippen molar-refractivity contribution < 1.29 is 14.3 Å². The second kappa shape index (κ2) is 10.0. The number of imidazole rings is 1. The molecule has 7 heteroatoms. The van der Waals surface area contributed by atoms with E-state index in [1.165, 1.54) is 0 Å². The van der Waals surface area contributed by atoms with E-state index in [-0.39, 0.29) is 11.8 Å². The van der Waals surface area contributed by atoms with Crippen LogP contribution in [0.15, 0.2) is 79.3 Å². The monoisotopic (exact) mass is 454 g/mol. The number of aromatic nitrogens is 2. The Balaban J connectivity index is 1.36. The highest BCUT2D eigenvalue weighted by molar-refractivity contribution is 6.04. The average Bonchev–Trinajstić information content (AvgIpc) is 3.31. The molecule has 1 heterocycles. The van der Waals surface area contributed by atoms with Crippen molar-refractivity contribution in [2.45, 2.75) is 20.4 Å². The van der Waals surface area contributed by atoms with Gasteiger partial charge in [0.25, 0.3) is 11.8 Å². The summed E-state index contributed by atoms with van der Waals surface area (Å²) >= 11 is 0. The Morgan fingerprint density at radius 1 is 0.941 bits per heavy atom.